The van der Waals surface area contributed by atoms with Gasteiger partial charge in [0.05, 0.1) is 16.5 Å². The van der Waals surface area contributed by atoms with Gasteiger partial charge in [-0.25, -0.2) is 0 Å². The highest BCUT2D eigenvalue weighted by Gasteiger charge is 2.36. The molecule has 1 fully saturated rings. The summed E-state index contributed by atoms with van der Waals surface area (Å²) in [5.41, 5.74) is -0.0831. The largest absolute Gasteiger partial charge is 0.417 e. The monoisotopic (exact) mass is 396 g/mol. The third-order valence-corrected chi connectivity index (χ3v) is 4.67. The molecule has 0 aromatic heterocycles. The van der Waals surface area contributed by atoms with E-state index in [4.69, 9.17) is 11.6 Å². The first-order valence-electron chi connectivity index (χ1n) is 8.23. The molecule has 4 nitrogen and oxygen atoms in total. The van der Waals surface area contributed by atoms with Crippen molar-refractivity contribution in [1.82, 2.24) is 4.90 Å². The standard InChI is InChI=1S/C19H16ClF3N2O2/c20-16-7-6-14(9-15(16)19(21,22)23)24-18(27)13-8-17(26)25(11-13)10-12-4-2-1-3-5-12/h1-7,9,13H,8,10-11H2,(H,24,27)/t13-/m0/s1. The SMILES string of the molecule is O=C(Nc1ccc(Cl)c(C(F)(F)F)c1)[C@H]1CC(=O)N(Cc2ccccc2)C1. The zero-order chi connectivity index (χ0) is 19.6. The van der Waals surface area contributed by atoms with Crippen LogP contribution in [0.25, 0.3) is 0 Å². The molecule has 0 saturated carbocycles. The van der Waals surface area contributed by atoms with Crippen LogP contribution in [0.15, 0.2) is 48.5 Å². The van der Waals surface area contributed by atoms with Crippen LogP contribution < -0.4 is 5.32 Å². The zero-order valence-electron chi connectivity index (χ0n) is 14.1. The van der Waals surface area contributed by atoms with Gasteiger partial charge in [0.1, 0.15) is 0 Å². The summed E-state index contributed by atoms with van der Waals surface area (Å²) in [4.78, 5) is 26.1. The molecule has 2 aromatic carbocycles. The van der Waals surface area contributed by atoms with E-state index in [0.29, 0.717) is 6.54 Å². The lowest BCUT2D eigenvalue weighted by Gasteiger charge is -2.17. The van der Waals surface area contributed by atoms with Crippen molar-refractivity contribution in [3.63, 3.8) is 0 Å². The summed E-state index contributed by atoms with van der Waals surface area (Å²) in [6.45, 7) is 0.613. The smallest absolute Gasteiger partial charge is 0.338 e. The number of anilines is 1. The minimum absolute atomic E-state index is 0.00863. The fourth-order valence-corrected chi connectivity index (χ4v) is 3.19. The Hall–Kier alpha value is -2.54. The van der Waals surface area contributed by atoms with Gasteiger partial charge in [-0.15, -0.1) is 0 Å². The van der Waals surface area contributed by atoms with Crippen molar-refractivity contribution in [1.29, 1.82) is 0 Å². The molecule has 27 heavy (non-hydrogen) atoms. The van der Waals surface area contributed by atoms with Crippen LogP contribution in [0.3, 0.4) is 0 Å². The Morgan fingerprint density at radius 3 is 2.56 bits per heavy atom. The summed E-state index contributed by atoms with van der Waals surface area (Å²) in [6.07, 6.45) is -4.59. The maximum atomic E-state index is 12.9. The number of likely N-dealkylation sites (tertiary alicyclic amines) is 1. The second-order valence-electron chi connectivity index (χ2n) is 6.34. The van der Waals surface area contributed by atoms with Crippen molar-refractivity contribution >= 4 is 29.1 Å². The lowest BCUT2D eigenvalue weighted by Crippen LogP contribution is -2.28. The van der Waals surface area contributed by atoms with Gasteiger partial charge in [0.25, 0.3) is 0 Å². The van der Waals surface area contributed by atoms with Crippen LogP contribution in [0.5, 0.6) is 0 Å². The number of amides is 2. The summed E-state index contributed by atoms with van der Waals surface area (Å²) in [5, 5.41) is 2.01. The van der Waals surface area contributed by atoms with Crippen LogP contribution in [0.4, 0.5) is 18.9 Å². The first-order valence-corrected chi connectivity index (χ1v) is 8.61. The number of hydrogen-bond acceptors (Lipinski definition) is 2. The molecule has 1 atom stereocenters. The van der Waals surface area contributed by atoms with Gasteiger partial charge in [-0.2, -0.15) is 13.2 Å². The maximum absolute atomic E-state index is 12.9. The zero-order valence-corrected chi connectivity index (χ0v) is 14.8. The van der Waals surface area contributed by atoms with Crippen molar-refractivity contribution in [2.24, 2.45) is 5.92 Å². The Balaban J connectivity index is 1.66. The molecule has 0 radical (unpaired) electrons. The van der Waals surface area contributed by atoms with Crippen LogP contribution in [0.1, 0.15) is 17.5 Å². The average molecular weight is 397 g/mol. The van der Waals surface area contributed by atoms with E-state index < -0.39 is 28.6 Å². The molecule has 0 aliphatic carbocycles. The topological polar surface area (TPSA) is 49.4 Å². The number of hydrogen-bond donors (Lipinski definition) is 1. The Labute approximate surface area is 158 Å². The Bertz CT molecular complexity index is 856. The van der Waals surface area contributed by atoms with Crippen molar-refractivity contribution in [3.8, 4) is 0 Å². The van der Waals surface area contributed by atoms with Gasteiger partial charge in [-0.05, 0) is 23.8 Å². The second kappa shape index (κ2) is 7.60. The van der Waals surface area contributed by atoms with Crippen molar-refractivity contribution in [2.45, 2.75) is 19.1 Å². The molecule has 2 amide bonds. The van der Waals surface area contributed by atoms with Gasteiger partial charge >= 0.3 is 6.18 Å². The van der Waals surface area contributed by atoms with Crippen molar-refractivity contribution in [2.75, 3.05) is 11.9 Å². The highest BCUT2D eigenvalue weighted by atomic mass is 35.5. The third-order valence-electron chi connectivity index (χ3n) is 4.34. The van der Waals surface area contributed by atoms with Crippen LogP contribution >= 0.6 is 11.6 Å². The number of halogens is 4. The molecular weight excluding hydrogens is 381 g/mol. The lowest BCUT2D eigenvalue weighted by molar-refractivity contribution is -0.137. The number of rotatable bonds is 4. The Morgan fingerprint density at radius 1 is 1.19 bits per heavy atom. The Morgan fingerprint density at radius 2 is 1.89 bits per heavy atom. The minimum atomic E-state index is -4.62. The molecule has 0 bridgehead atoms. The predicted octanol–water partition coefficient (Wildman–Crippen LogP) is 4.35. The molecule has 3 rings (SSSR count). The first kappa shape index (κ1) is 19.2. The molecule has 8 heteroatoms. The molecule has 1 heterocycles. The lowest BCUT2D eigenvalue weighted by atomic mass is 10.1. The van der Waals surface area contributed by atoms with E-state index in [1.807, 2.05) is 30.3 Å². The van der Waals surface area contributed by atoms with E-state index in [9.17, 15) is 22.8 Å². The molecular formula is C19H16ClF3N2O2. The van der Waals surface area contributed by atoms with Gasteiger partial charge in [-0.1, -0.05) is 41.9 Å². The average Bonchev–Trinajstić information content (AvgIpc) is 2.97. The number of benzene rings is 2. The Kier molecular flexibility index (Phi) is 5.41. The van der Waals surface area contributed by atoms with Gasteiger partial charge in [-0.3, -0.25) is 9.59 Å². The molecule has 1 N–H and O–H groups in total. The molecule has 0 unspecified atom stereocenters. The highest BCUT2D eigenvalue weighted by Crippen LogP contribution is 2.36. The molecule has 142 valence electrons. The van der Waals surface area contributed by atoms with E-state index in [2.05, 4.69) is 5.32 Å². The fourth-order valence-electron chi connectivity index (χ4n) is 2.97. The molecule has 2 aromatic rings. The third kappa shape index (κ3) is 4.60. The van der Waals surface area contributed by atoms with Crippen LogP contribution in [0.2, 0.25) is 5.02 Å². The maximum Gasteiger partial charge on any atom is 0.417 e. The van der Waals surface area contributed by atoms with E-state index in [-0.39, 0.29) is 24.6 Å². The number of carbonyl (C=O) groups is 2. The molecule has 0 spiro atoms. The fraction of sp³-hybridized carbons (Fsp3) is 0.263. The second-order valence-corrected chi connectivity index (χ2v) is 6.75. The van der Waals surface area contributed by atoms with Crippen LogP contribution in [-0.2, 0) is 22.3 Å². The predicted molar refractivity (Wildman–Crippen MR) is 95.0 cm³/mol. The van der Waals surface area contributed by atoms with Gasteiger partial charge < -0.3 is 10.2 Å². The highest BCUT2D eigenvalue weighted by molar-refractivity contribution is 6.31. The summed E-state index contributed by atoms with van der Waals surface area (Å²) in [5.74, 6) is -1.27. The summed E-state index contributed by atoms with van der Waals surface area (Å²) >= 11 is 5.58. The summed E-state index contributed by atoms with van der Waals surface area (Å²) < 4.78 is 38.8. The molecule has 1 aliphatic rings. The molecule has 1 saturated heterocycles. The summed E-state index contributed by atoms with van der Waals surface area (Å²) in [7, 11) is 0. The van der Waals surface area contributed by atoms with Crippen molar-refractivity contribution in [3.05, 3.63) is 64.7 Å². The van der Waals surface area contributed by atoms with E-state index in [1.54, 1.807) is 4.90 Å². The summed E-state index contributed by atoms with van der Waals surface area (Å²) in [6, 6.07) is 12.5. The van der Waals surface area contributed by atoms with Gasteiger partial charge in [0.2, 0.25) is 11.8 Å². The number of nitrogens with zero attached hydrogens (tertiary/aromatic N) is 1. The van der Waals surface area contributed by atoms with Crippen LogP contribution in [0, 0.1) is 5.92 Å². The van der Waals surface area contributed by atoms with Gasteiger partial charge in [0, 0.05) is 25.2 Å². The normalized spacial score (nSPS) is 17.3. The minimum Gasteiger partial charge on any atom is -0.338 e. The van der Waals surface area contributed by atoms with Gasteiger partial charge in [0.15, 0.2) is 0 Å². The van der Waals surface area contributed by atoms with Crippen LogP contribution in [-0.4, -0.2) is 23.3 Å². The van der Waals surface area contributed by atoms with Crippen molar-refractivity contribution < 1.29 is 22.8 Å². The number of alkyl halides is 3. The van der Waals surface area contributed by atoms with E-state index >= 15 is 0 Å². The quantitative estimate of drug-likeness (QED) is 0.835. The van der Waals surface area contributed by atoms with E-state index in [0.717, 1.165) is 17.7 Å². The van der Waals surface area contributed by atoms with E-state index in [1.165, 1.54) is 6.07 Å². The number of nitrogens with one attached hydrogen (secondary N) is 1. The molecule has 1 aliphatic heterocycles. The first-order chi connectivity index (χ1) is 12.7. The number of carbonyl (C=O) groups excluding carboxylic acids is 2.